The maximum absolute atomic E-state index is 12.4. The first-order valence-corrected chi connectivity index (χ1v) is 10.4. The summed E-state index contributed by atoms with van der Waals surface area (Å²) in [4.78, 5) is 18.8. The summed E-state index contributed by atoms with van der Waals surface area (Å²) in [5.41, 5.74) is 4.14. The van der Waals surface area contributed by atoms with E-state index in [0.29, 0.717) is 5.57 Å². The van der Waals surface area contributed by atoms with Gasteiger partial charge in [-0.05, 0) is 54.8 Å². The second-order valence-electron chi connectivity index (χ2n) is 7.46. The van der Waals surface area contributed by atoms with Crippen LogP contribution in [0.4, 0.5) is 5.69 Å². The maximum atomic E-state index is 12.4. The van der Waals surface area contributed by atoms with Crippen LogP contribution in [0.5, 0.6) is 0 Å². The molecule has 31 heavy (non-hydrogen) atoms. The third-order valence-corrected chi connectivity index (χ3v) is 5.35. The Morgan fingerprint density at radius 1 is 1.32 bits per heavy atom. The minimum absolute atomic E-state index is 0.200. The zero-order valence-electron chi connectivity index (χ0n) is 17.7. The summed E-state index contributed by atoms with van der Waals surface area (Å²) in [5.74, 6) is -0.239. The van der Waals surface area contributed by atoms with Crippen LogP contribution in [-0.2, 0) is 11.3 Å². The summed E-state index contributed by atoms with van der Waals surface area (Å²) in [6.07, 6.45) is 11.6. The fraction of sp³-hybridized carbons (Fsp3) is 0.292. The van der Waals surface area contributed by atoms with Crippen LogP contribution in [0.25, 0.3) is 11.6 Å². The van der Waals surface area contributed by atoms with E-state index in [4.69, 9.17) is 5.41 Å². The molecule has 0 spiro atoms. The molecule has 1 fully saturated rings. The smallest absolute Gasteiger partial charge is 0.248 e. The zero-order valence-corrected chi connectivity index (χ0v) is 17.7. The highest BCUT2D eigenvalue weighted by Gasteiger charge is 2.23. The lowest BCUT2D eigenvalue weighted by atomic mass is 10.0. The molecule has 162 valence electrons. The molecule has 2 heterocycles. The van der Waals surface area contributed by atoms with Crippen molar-refractivity contribution in [2.45, 2.75) is 25.4 Å². The number of anilines is 1. The fourth-order valence-corrected chi connectivity index (χ4v) is 3.74. The van der Waals surface area contributed by atoms with Crippen LogP contribution in [0.15, 0.2) is 55.0 Å². The molecule has 0 radical (unpaired) electrons. The molecule has 7 heteroatoms. The molecular formula is C24H29N5O2. The predicted molar refractivity (Wildman–Crippen MR) is 125 cm³/mol. The predicted octanol–water partition coefficient (Wildman–Crippen LogP) is 2.90. The number of nitrogens with one attached hydrogen (secondary N) is 3. The fourth-order valence-electron chi connectivity index (χ4n) is 3.74. The molecule has 0 aliphatic carbocycles. The molecule has 1 aromatic heterocycles. The van der Waals surface area contributed by atoms with E-state index in [0.717, 1.165) is 48.3 Å². The van der Waals surface area contributed by atoms with Gasteiger partial charge < -0.3 is 21.1 Å². The molecule has 1 aliphatic heterocycles. The Kier molecular flexibility index (Phi) is 8.09. The Labute approximate surface area is 183 Å². The normalized spacial score (nSPS) is 17.1. The number of hydrogen-bond donors (Lipinski definition) is 4. The lowest BCUT2D eigenvalue weighted by Gasteiger charge is -2.22. The number of allylic oxidation sites excluding steroid dienone is 1. The van der Waals surface area contributed by atoms with Gasteiger partial charge in [-0.3, -0.25) is 14.7 Å². The minimum Gasteiger partial charge on any atom is -0.395 e. The van der Waals surface area contributed by atoms with Crippen LogP contribution < -0.4 is 10.6 Å². The minimum atomic E-state index is -0.239. The number of aromatic nitrogens is 1. The van der Waals surface area contributed by atoms with Gasteiger partial charge in [0.2, 0.25) is 5.91 Å². The molecular weight excluding hydrogens is 390 g/mol. The van der Waals surface area contributed by atoms with Crippen LogP contribution in [0.2, 0.25) is 0 Å². The van der Waals surface area contributed by atoms with Gasteiger partial charge >= 0.3 is 0 Å². The third kappa shape index (κ3) is 6.10. The second kappa shape index (κ2) is 11.2. The maximum Gasteiger partial charge on any atom is 0.248 e. The van der Waals surface area contributed by atoms with E-state index in [1.807, 2.05) is 30.3 Å². The van der Waals surface area contributed by atoms with Gasteiger partial charge in [-0.15, -0.1) is 0 Å². The first kappa shape index (κ1) is 22.4. The standard InChI is InChI=1S/C24H29N5O2/c1-26-14-20(13-25)23-10-11-27-15-19(23)6-9-24(31)28-21-7-4-18(5-8-21)16-29-12-2-3-22(29)17-30/h4-11,13-15,22,25-26,30H,2-3,12,16-17H2,1H3,(H,28,31)/b9-6+,20-14+,25-13?. The SMILES string of the molecule is CN/C=C(\C=N)c1ccncc1/C=C/C(=O)Nc1ccc(CN2CCCC2CO)cc1. The van der Waals surface area contributed by atoms with E-state index in [-0.39, 0.29) is 18.6 Å². The molecule has 1 unspecified atom stereocenters. The van der Waals surface area contributed by atoms with E-state index in [9.17, 15) is 9.90 Å². The van der Waals surface area contributed by atoms with Crippen LogP contribution >= 0.6 is 0 Å². The molecule has 3 rings (SSSR count). The number of nitrogens with zero attached hydrogens (tertiary/aromatic N) is 2. The Morgan fingerprint density at radius 2 is 2.13 bits per heavy atom. The number of hydrogen-bond acceptors (Lipinski definition) is 6. The summed E-state index contributed by atoms with van der Waals surface area (Å²) < 4.78 is 0. The van der Waals surface area contributed by atoms with Crippen molar-refractivity contribution in [3.63, 3.8) is 0 Å². The topological polar surface area (TPSA) is 101 Å². The number of benzene rings is 1. The Hall–Kier alpha value is -3.29. The number of carbonyl (C=O) groups is 1. The van der Waals surface area contributed by atoms with Crippen molar-refractivity contribution in [2.24, 2.45) is 0 Å². The molecule has 1 atom stereocenters. The summed E-state index contributed by atoms with van der Waals surface area (Å²) in [6.45, 7) is 2.01. The Morgan fingerprint density at radius 3 is 2.84 bits per heavy atom. The van der Waals surface area contributed by atoms with Crippen LogP contribution in [0.1, 0.15) is 29.5 Å². The molecule has 2 aromatic rings. The van der Waals surface area contributed by atoms with Gasteiger partial charge in [0.05, 0.1) is 6.61 Å². The van der Waals surface area contributed by atoms with Gasteiger partial charge in [0, 0.05) is 67.3 Å². The summed E-state index contributed by atoms with van der Waals surface area (Å²) >= 11 is 0. The molecule has 0 bridgehead atoms. The number of amides is 1. The van der Waals surface area contributed by atoms with Gasteiger partial charge in [-0.2, -0.15) is 0 Å². The highest BCUT2D eigenvalue weighted by atomic mass is 16.3. The van der Waals surface area contributed by atoms with Crippen LogP contribution in [0, 0.1) is 5.41 Å². The summed E-state index contributed by atoms with van der Waals surface area (Å²) in [5, 5.41) is 22.9. The van der Waals surface area contributed by atoms with Crippen molar-refractivity contribution in [1.29, 1.82) is 5.41 Å². The highest BCUT2D eigenvalue weighted by Crippen LogP contribution is 2.21. The molecule has 7 nitrogen and oxygen atoms in total. The van der Waals surface area contributed by atoms with E-state index < -0.39 is 0 Å². The van der Waals surface area contributed by atoms with Crippen molar-refractivity contribution >= 4 is 29.5 Å². The summed E-state index contributed by atoms with van der Waals surface area (Å²) in [7, 11) is 1.77. The first-order valence-electron chi connectivity index (χ1n) is 10.4. The van der Waals surface area contributed by atoms with E-state index in [1.165, 1.54) is 12.3 Å². The lowest BCUT2D eigenvalue weighted by Crippen LogP contribution is -2.31. The molecule has 1 amide bonds. The third-order valence-electron chi connectivity index (χ3n) is 5.35. The van der Waals surface area contributed by atoms with Crippen molar-refractivity contribution in [2.75, 3.05) is 25.5 Å². The number of likely N-dealkylation sites (tertiary alicyclic amines) is 1. The van der Waals surface area contributed by atoms with Crippen LogP contribution in [-0.4, -0.2) is 53.4 Å². The monoisotopic (exact) mass is 419 g/mol. The quantitative estimate of drug-likeness (QED) is 0.370. The average Bonchev–Trinajstić information content (AvgIpc) is 3.25. The van der Waals surface area contributed by atoms with Gasteiger partial charge in [0.15, 0.2) is 0 Å². The second-order valence-corrected chi connectivity index (χ2v) is 7.46. The molecule has 1 aliphatic rings. The van der Waals surface area contributed by atoms with Crippen molar-refractivity contribution in [1.82, 2.24) is 15.2 Å². The molecule has 4 N–H and O–H groups in total. The van der Waals surface area contributed by atoms with E-state index in [1.54, 1.807) is 31.7 Å². The Bertz CT molecular complexity index is 953. The van der Waals surface area contributed by atoms with E-state index in [2.05, 4.69) is 20.5 Å². The van der Waals surface area contributed by atoms with Gasteiger partial charge in [-0.1, -0.05) is 12.1 Å². The molecule has 1 aromatic carbocycles. The van der Waals surface area contributed by atoms with Gasteiger partial charge in [-0.25, -0.2) is 0 Å². The van der Waals surface area contributed by atoms with Crippen LogP contribution in [0.3, 0.4) is 0 Å². The van der Waals surface area contributed by atoms with Crippen molar-refractivity contribution < 1.29 is 9.90 Å². The van der Waals surface area contributed by atoms with Gasteiger partial charge in [0.25, 0.3) is 0 Å². The Balaban J connectivity index is 1.62. The number of aliphatic hydroxyl groups is 1. The molecule has 0 saturated carbocycles. The largest absolute Gasteiger partial charge is 0.395 e. The van der Waals surface area contributed by atoms with Gasteiger partial charge in [0.1, 0.15) is 0 Å². The summed E-state index contributed by atoms with van der Waals surface area (Å²) in [6, 6.07) is 9.85. The lowest BCUT2D eigenvalue weighted by molar-refractivity contribution is -0.111. The molecule has 1 saturated heterocycles. The number of aliphatic hydroxyl groups excluding tert-OH is 1. The van der Waals surface area contributed by atoms with E-state index >= 15 is 0 Å². The van der Waals surface area contributed by atoms with Crippen molar-refractivity contribution in [3.05, 3.63) is 71.7 Å². The van der Waals surface area contributed by atoms with Crippen molar-refractivity contribution in [3.8, 4) is 0 Å². The first-order chi connectivity index (χ1) is 15.1. The average molecular weight is 420 g/mol. The number of carbonyl (C=O) groups excluding carboxylic acids is 1. The zero-order chi connectivity index (χ0) is 22.1. The highest BCUT2D eigenvalue weighted by molar-refractivity contribution is 6.10. The number of pyridine rings is 1. The number of rotatable bonds is 9.